The van der Waals surface area contributed by atoms with E-state index in [-0.39, 0.29) is 17.8 Å². The van der Waals surface area contributed by atoms with Gasteiger partial charge in [-0.2, -0.15) is 0 Å². The largest absolute Gasteiger partial charge is 0.313 e. The van der Waals surface area contributed by atoms with Crippen LogP contribution in [-0.4, -0.2) is 7.05 Å². The Kier molecular flexibility index (Phi) is 3.72. The highest BCUT2D eigenvalue weighted by molar-refractivity contribution is 6.42. The van der Waals surface area contributed by atoms with Gasteiger partial charge in [-0.25, -0.2) is 4.39 Å². The lowest BCUT2D eigenvalue weighted by molar-refractivity contribution is 0.560. The average molecular weight is 310 g/mol. The van der Waals surface area contributed by atoms with Gasteiger partial charge in [0.25, 0.3) is 0 Å². The number of rotatable bonds is 2. The standard InChI is InChI=1S/C16H14Cl2FN/c1-20-16-8-12(9-2-5-14(17)15(18)6-9)11-4-3-10(19)7-13(11)16/h2-7,12,16,20H,8H2,1H3/t12-,16+/m0/s1. The van der Waals surface area contributed by atoms with E-state index in [1.54, 1.807) is 6.07 Å². The quantitative estimate of drug-likeness (QED) is 0.829. The number of benzene rings is 2. The number of hydrogen-bond donors (Lipinski definition) is 1. The Balaban J connectivity index is 2.06. The number of fused-ring (bicyclic) bond motifs is 1. The summed E-state index contributed by atoms with van der Waals surface area (Å²) in [5, 5.41) is 4.36. The predicted octanol–water partition coefficient (Wildman–Crippen LogP) is 4.93. The summed E-state index contributed by atoms with van der Waals surface area (Å²) in [6.07, 6.45) is 0.896. The number of hydrogen-bond acceptors (Lipinski definition) is 1. The summed E-state index contributed by atoms with van der Waals surface area (Å²) in [4.78, 5) is 0. The third kappa shape index (κ3) is 2.32. The zero-order chi connectivity index (χ0) is 14.3. The van der Waals surface area contributed by atoms with Crippen LogP contribution < -0.4 is 5.32 Å². The van der Waals surface area contributed by atoms with E-state index in [1.165, 1.54) is 6.07 Å². The molecule has 1 N–H and O–H groups in total. The smallest absolute Gasteiger partial charge is 0.123 e. The molecule has 3 rings (SSSR count). The van der Waals surface area contributed by atoms with Gasteiger partial charge < -0.3 is 5.32 Å². The lowest BCUT2D eigenvalue weighted by Crippen LogP contribution is -2.13. The first-order valence-electron chi connectivity index (χ1n) is 6.51. The van der Waals surface area contributed by atoms with Gasteiger partial charge >= 0.3 is 0 Å². The molecule has 1 aliphatic rings. The van der Waals surface area contributed by atoms with Crippen LogP contribution >= 0.6 is 23.2 Å². The molecule has 0 saturated carbocycles. The van der Waals surface area contributed by atoms with Gasteiger partial charge in [0.1, 0.15) is 5.82 Å². The Bertz CT molecular complexity index is 657. The summed E-state index contributed by atoms with van der Waals surface area (Å²) >= 11 is 12.1. The van der Waals surface area contributed by atoms with Gasteiger partial charge in [0.15, 0.2) is 0 Å². The molecule has 0 bridgehead atoms. The Morgan fingerprint density at radius 2 is 1.85 bits per heavy atom. The highest BCUT2D eigenvalue weighted by Crippen LogP contribution is 2.44. The van der Waals surface area contributed by atoms with Gasteiger partial charge in [-0.1, -0.05) is 35.3 Å². The van der Waals surface area contributed by atoms with Crippen LogP contribution in [0.15, 0.2) is 36.4 Å². The van der Waals surface area contributed by atoms with Gasteiger partial charge in [0, 0.05) is 12.0 Å². The molecule has 0 saturated heterocycles. The molecule has 2 aromatic carbocycles. The molecular formula is C16H14Cl2FN. The molecule has 0 amide bonds. The summed E-state index contributed by atoms with van der Waals surface area (Å²) in [5.74, 6) is 0.0246. The van der Waals surface area contributed by atoms with E-state index in [4.69, 9.17) is 23.2 Å². The van der Waals surface area contributed by atoms with Crippen LogP contribution in [0, 0.1) is 5.82 Å². The van der Waals surface area contributed by atoms with Crippen LogP contribution in [0.3, 0.4) is 0 Å². The van der Waals surface area contributed by atoms with Gasteiger partial charge in [-0.05, 0) is 54.4 Å². The van der Waals surface area contributed by atoms with E-state index in [2.05, 4.69) is 5.32 Å². The van der Waals surface area contributed by atoms with Crippen LogP contribution in [0.25, 0.3) is 0 Å². The van der Waals surface area contributed by atoms with Crippen LogP contribution in [0.5, 0.6) is 0 Å². The molecule has 4 heteroatoms. The van der Waals surface area contributed by atoms with Crippen molar-refractivity contribution in [3.8, 4) is 0 Å². The highest BCUT2D eigenvalue weighted by Gasteiger charge is 2.31. The van der Waals surface area contributed by atoms with E-state index in [1.807, 2.05) is 31.3 Å². The van der Waals surface area contributed by atoms with Crippen molar-refractivity contribution in [3.63, 3.8) is 0 Å². The monoisotopic (exact) mass is 309 g/mol. The van der Waals surface area contributed by atoms with E-state index in [0.717, 1.165) is 23.1 Å². The van der Waals surface area contributed by atoms with Gasteiger partial charge in [0.2, 0.25) is 0 Å². The summed E-state index contributed by atoms with van der Waals surface area (Å²) in [6.45, 7) is 0. The van der Waals surface area contributed by atoms with Gasteiger partial charge in [0.05, 0.1) is 10.0 Å². The molecule has 20 heavy (non-hydrogen) atoms. The molecule has 0 heterocycles. The minimum absolute atomic E-state index is 0.167. The second-order valence-corrected chi connectivity index (χ2v) is 5.89. The highest BCUT2D eigenvalue weighted by atomic mass is 35.5. The lowest BCUT2D eigenvalue weighted by Gasteiger charge is -2.13. The maximum absolute atomic E-state index is 13.5. The van der Waals surface area contributed by atoms with Crippen molar-refractivity contribution >= 4 is 23.2 Å². The Labute approximate surface area is 127 Å². The average Bonchev–Trinajstić information content (AvgIpc) is 2.79. The van der Waals surface area contributed by atoms with E-state index in [9.17, 15) is 4.39 Å². The molecule has 0 unspecified atom stereocenters. The first-order chi connectivity index (χ1) is 9.60. The van der Waals surface area contributed by atoms with E-state index >= 15 is 0 Å². The molecule has 0 aromatic heterocycles. The third-order valence-electron chi connectivity index (χ3n) is 3.97. The molecule has 2 atom stereocenters. The summed E-state index contributed by atoms with van der Waals surface area (Å²) in [7, 11) is 1.90. The molecule has 0 spiro atoms. The van der Waals surface area contributed by atoms with Gasteiger partial charge in [-0.15, -0.1) is 0 Å². The maximum atomic E-state index is 13.5. The predicted molar refractivity (Wildman–Crippen MR) is 81.1 cm³/mol. The normalized spacial score (nSPS) is 21.0. The van der Waals surface area contributed by atoms with Crippen molar-refractivity contribution in [3.05, 3.63) is 69.0 Å². The summed E-state index contributed by atoms with van der Waals surface area (Å²) in [5.41, 5.74) is 3.30. The first-order valence-corrected chi connectivity index (χ1v) is 7.27. The molecule has 104 valence electrons. The topological polar surface area (TPSA) is 12.0 Å². The molecular weight excluding hydrogens is 296 g/mol. The minimum Gasteiger partial charge on any atom is -0.313 e. The Hall–Kier alpha value is -1.09. The van der Waals surface area contributed by atoms with Crippen LogP contribution in [-0.2, 0) is 0 Å². The maximum Gasteiger partial charge on any atom is 0.123 e. The van der Waals surface area contributed by atoms with Crippen molar-refractivity contribution in [2.45, 2.75) is 18.4 Å². The molecule has 1 nitrogen and oxygen atoms in total. The van der Waals surface area contributed by atoms with Crippen molar-refractivity contribution in [1.82, 2.24) is 5.32 Å². The second-order valence-electron chi connectivity index (χ2n) is 5.08. The zero-order valence-corrected chi connectivity index (χ0v) is 12.5. The van der Waals surface area contributed by atoms with Crippen molar-refractivity contribution in [2.24, 2.45) is 0 Å². The molecule has 2 aromatic rings. The van der Waals surface area contributed by atoms with E-state index in [0.29, 0.717) is 10.0 Å². The Morgan fingerprint density at radius 1 is 1.05 bits per heavy atom. The number of halogens is 3. The fraction of sp³-hybridized carbons (Fsp3) is 0.250. The fourth-order valence-corrected chi connectivity index (χ4v) is 3.28. The van der Waals surface area contributed by atoms with Crippen molar-refractivity contribution in [2.75, 3.05) is 7.05 Å². The van der Waals surface area contributed by atoms with Crippen molar-refractivity contribution < 1.29 is 4.39 Å². The molecule has 1 aliphatic carbocycles. The Morgan fingerprint density at radius 3 is 2.55 bits per heavy atom. The van der Waals surface area contributed by atoms with Gasteiger partial charge in [-0.3, -0.25) is 0 Å². The molecule has 0 aliphatic heterocycles. The van der Waals surface area contributed by atoms with Crippen LogP contribution in [0.2, 0.25) is 10.0 Å². The second kappa shape index (κ2) is 5.36. The molecule has 0 radical (unpaired) electrons. The van der Waals surface area contributed by atoms with Crippen molar-refractivity contribution in [1.29, 1.82) is 0 Å². The van der Waals surface area contributed by atoms with Crippen LogP contribution in [0.4, 0.5) is 4.39 Å². The zero-order valence-electron chi connectivity index (χ0n) is 11.0. The molecule has 0 fully saturated rings. The summed E-state index contributed by atoms with van der Waals surface area (Å²) in [6, 6.07) is 10.9. The van der Waals surface area contributed by atoms with Crippen LogP contribution in [0.1, 0.15) is 35.1 Å². The minimum atomic E-state index is -0.196. The van der Waals surface area contributed by atoms with E-state index < -0.39 is 0 Å². The fourth-order valence-electron chi connectivity index (χ4n) is 2.97. The third-order valence-corrected chi connectivity index (χ3v) is 4.70. The lowest BCUT2D eigenvalue weighted by atomic mass is 9.93. The SMILES string of the molecule is CN[C@@H]1C[C@@H](c2ccc(Cl)c(Cl)c2)c2ccc(F)cc21. The summed E-state index contributed by atoms with van der Waals surface area (Å²) < 4.78 is 13.5. The first kappa shape index (κ1) is 13.9. The number of nitrogens with one attached hydrogen (secondary N) is 1.